The third-order valence-electron chi connectivity index (χ3n) is 3.99. The highest BCUT2D eigenvalue weighted by Crippen LogP contribution is 2.29. The molecular formula is C18H18ClNO6S. The summed E-state index contributed by atoms with van der Waals surface area (Å²) >= 11 is 5.88. The first-order chi connectivity index (χ1) is 12.9. The molecule has 144 valence electrons. The largest absolute Gasteiger partial charge is 0.495 e. The van der Waals surface area contributed by atoms with Gasteiger partial charge >= 0.3 is 5.97 Å². The van der Waals surface area contributed by atoms with Crippen molar-refractivity contribution in [2.75, 3.05) is 33.4 Å². The van der Waals surface area contributed by atoms with Gasteiger partial charge in [-0.05, 0) is 36.4 Å². The van der Waals surface area contributed by atoms with Gasteiger partial charge in [0.2, 0.25) is 10.0 Å². The molecule has 1 heterocycles. The molecule has 0 aliphatic carbocycles. The fraction of sp³-hybridized carbons (Fsp3) is 0.278. The molecule has 1 aliphatic rings. The van der Waals surface area contributed by atoms with Crippen LogP contribution in [-0.2, 0) is 14.8 Å². The SMILES string of the molecule is COc1ccc(C(=O)Oc2cccc(Cl)c2)cc1S(=O)(=O)N1CCOCC1. The van der Waals surface area contributed by atoms with Crippen LogP contribution in [0.5, 0.6) is 11.5 Å². The number of sulfonamides is 1. The molecule has 1 saturated heterocycles. The van der Waals surface area contributed by atoms with Crippen LogP contribution in [0.1, 0.15) is 10.4 Å². The second kappa shape index (κ2) is 8.26. The summed E-state index contributed by atoms with van der Waals surface area (Å²) < 4.78 is 42.9. The van der Waals surface area contributed by atoms with Gasteiger partial charge in [-0.3, -0.25) is 0 Å². The van der Waals surface area contributed by atoms with Crippen LogP contribution >= 0.6 is 11.6 Å². The highest BCUT2D eigenvalue weighted by Gasteiger charge is 2.30. The van der Waals surface area contributed by atoms with Crippen molar-refractivity contribution in [2.45, 2.75) is 4.90 Å². The standard InChI is InChI=1S/C18H18ClNO6S/c1-24-16-6-5-13(18(21)26-15-4-2-3-14(19)12-15)11-17(16)27(22,23)20-7-9-25-10-8-20/h2-6,11-12H,7-10H2,1H3. The minimum atomic E-state index is -3.84. The maximum Gasteiger partial charge on any atom is 0.343 e. The summed E-state index contributed by atoms with van der Waals surface area (Å²) in [6.45, 7) is 1.11. The number of nitrogens with zero attached hydrogens (tertiary/aromatic N) is 1. The first kappa shape index (κ1) is 19.6. The normalized spacial score (nSPS) is 15.3. The summed E-state index contributed by atoms with van der Waals surface area (Å²) in [7, 11) is -2.47. The number of carbonyl (C=O) groups excluding carboxylic acids is 1. The van der Waals surface area contributed by atoms with E-state index in [1.165, 1.54) is 35.7 Å². The van der Waals surface area contributed by atoms with Gasteiger partial charge in [-0.2, -0.15) is 4.31 Å². The lowest BCUT2D eigenvalue weighted by Crippen LogP contribution is -2.40. The van der Waals surface area contributed by atoms with Gasteiger partial charge in [0.05, 0.1) is 25.9 Å². The number of halogens is 1. The zero-order valence-corrected chi connectivity index (χ0v) is 16.1. The first-order valence-corrected chi connectivity index (χ1v) is 9.97. The minimum absolute atomic E-state index is 0.0857. The Hall–Kier alpha value is -2.13. The summed E-state index contributed by atoms with van der Waals surface area (Å²) in [4.78, 5) is 12.4. The van der Waals surface area contributed by atoms with Crippen molar-refractivity contribution in [3.8, 4) is 11.5 Å². The van der Waals surface area contributed by atoms with E-state index >= 15 is 0 Å². The van der Waals surface area contributed by atoms with E-state index in [1.807, 2.05) is 0 Å². The lowest BCUT2D eigenvalue weighted by Gasteiger charge is -2.26. The second-order valence-electron chi connectivity index (χ2n) is 5.73. The van der Waals surface area contributed by atoms with Gasteiger partial charge in [0.1, 0.15) is 16.4 Å². The van der Waals surface area contributed by atoms with Gasteiger partial charge in [0.25, 0.3) is 0 Å². The smallest absolute Gasteiger partial charge is 0.343 e. The Balaban J connectivity index is 1.92. The van der Waals surface area contributed by atoms with Gasteiger partial charge in [-0.1, -0.05) is 17.7 Å². The Kier molecular flexibility index (Phi) is 6.01. The molecule has 2 aromatic rings. The van der Waals surface area contributed by atoms with Crippen LogP contribution in [0.2, 0.25) is 5.02 Å². The van der Waals surface area contributed by atoms with Gasteiger partial charge in [-0.25, -0.2) is 13.2 Å². The molecule has 0 aromatic heterocycles. The molecule has 9 heteroatoms. The van der Waals surface area contributed by atoms with E-state index in [4.69, 9.17) is 25.8 Å². The van der Waals surface area contributed by atoms with Crippen molar-refractivity contribution in [1.82, 2.24) is 4.31 Å². The number of hydrogen-bond donors (Lipinski definition) is 0. The minimum Gasteiger partial charge on any atom is -0.495 e. The number of ether oxygens (including phenoxy) is 3. The fourth-order valence-electron chi connectivity index (χ4n) is 2.63. The van der Waals surface area contributed by atoms with Crippen LogP contribution in [0.4, 0.5) is 0 Å². The van der Waals surface area contributed by atoms with E-state index < -0.39 is 16.0 Å². The van der Waals surface area contributed by atoms with Crippen molar-refractivity contribution in [1.29, 1.82) is 0 Å². The number of morpholine rings is 1. The Morgan fingerprint density at radius 2 is 1.89 bits per heavy atom. The first-order valence-electron chi connectivity index (χ1n) is 8.15. The molecule has 2 aromatic carbocycles. The quantitative estimate of drug-likeness (QED) is 0.555. The lowest BCUT2D eigenvalue weighted by atomic mass is 10.2. The Morgan fingerprint density at radius 1 is 1.15 bits per heavy atom. The molecule has 1 aliphatic heterocycles. The third-order valence-corrected chi connectivity index (χ3v) is 6.15. The third kappa shape index (κ3) is 4.41. The van der Waals surface area contributed by atoms with Crippen molar-refractivity contribution >= 4 is 27.6 Å². The van der Waals surface area contributed by atoms with E-state index in [0.717, 1.165) is 0 Å². The Morgan fingerprint density at radius 3 is 2.56 bits per heavy atom. The molecule has 0 amide bonds. The molecule has 7 nitrogen and oxygen atoms in total. The van der Waals surface area contributed by atoms with Crippen molar-refractivity contribution in [2.24, 2.45) is 0 Å². The number of esters is 1. The Labute approximate surface area is 162 Å². The average molecular weight is 412 g/mol. The van der Waals surface area contributed by atoms with Crippen molar-refractivity contribution in [3.05, 3.63) is 53.1 Å². The maximum atomic E-state index is 13.0. The van der Waals surface area contributed by atoms with Gasteiger partial charge in [0, 0.05) is 18.1 Å². The second-order valence-corrected chi connectivity index (χ2v) is 8.07. The summed E-state index contributed by atoms with van der Waals surface area (Å²) in [6, 6.07) is 10.5. The van der Waals surface area contributed by atoms with E-state index in [-0.39, 0.29) is 35.0 Å². The van der Waals surface area contributed by atoms with Gasteiger partial charge in [-0.15, -0.1) is 0 Å². The van der Waals surface area contributed by atoms with Crippen LogP contribution in [0.3, 0.4) is 0 Å². The Bertz CT molecular complexity index is 941. The van der Waals surface area contributed by atoms with E-state index in [1.54, 1.807) is 18.2 Å². The fourth-order valence-corrected chi connectivity index (χ4v) is 4.40. The van der Waals surface area contributed by atoms with Crippen LogP contribution in [0.25, 0.3) is 0 Å². The van der Waals surface area contributed by atoms with Gasteiger partial charge < -0.3 is 14.2 Å². The predicted octanol–water partition coefficient (Wildman–Crippen LogP) is 2.59. The van der Waals surface area contributed by atoms with Crippen LogP contribution < -0.4 is 9.47 Å². The summed E-state index contributed by atoms with van der Waals surface area (Å²) in [5, 5.41) is 0.422. The number of hydrogen-bond acceptors (Lipinski definition) is 6. The topological polar surface area (TPSA) is 82.1 Å². The maximum absolute atomic E-state index is 13.0. The van der Waals surface area contributed by atoms with E-state index in [2.05, 4.69) is 0 Å². The lowest BCUT2D eigenvalue weighted by molar-refractivity contribution is 0.0726. The van der Waals surface area contributed by atoms with Crippen molar-refractivity contribution in [3.63, 3.8) is 0 Å². The highest BCUT2D eigenvalue weighted by atomic mass is 35.5. The molecule has 0 radical (unpaired) electrons. The highest BCUT2D eigenvalue weighted by molar-refractivity contribution is 7.89. The molecular weight excluding hydrogens is 394 g/mol. The molecule has 0 N–H and O–H groups in total. The zero-order valence-electron chi connectivity index (χ0n) is 14.6. The molecule has 3 rings (SSSR count). The molecule has 1 fully saturated rings. The number of benzene rings is 2. The van der Waals surface area contributed by atoms with Crippen molar-refractivity contribution < 1.29 is 27.4 Å². The summed E-state index contributed by atoms with van der Waals surface area (Å²) in [6.07, 6.45) is 0. The number of carbonyl (C=O) groups is 1. The average Bonchev–Trinajstić information content (AvgIpc) is 2.68. The predicted molar refractivity (Wildman–Crippen MR) is 99.0 cm³/mol. The zero-order chi connectivity index (χ0) is 19.4. The molecule has 0 unspecified atom stereocenters. The van der Waals surface area contributed by atoms with Crippen LogP contribution in [-0.4, -0.2) is 52.1 Å². The summed E-state index contributed by atoms with van der Waals surface area (Å²) in [5.41, 5.74) is 0.0857. The van der Waals surface area contributed by atoms with Crippen LogP contribution in [0, 0.1) is 0 Å². The number of methoxy groups -OCH3 is 1. The van der Waals surface area contributed by atoms with Gasteiger partial charge in [0.15, 0.2) is 0 Å². The molecule has 0 saturated carbocycles. The van der Waals surface area contributed by atoms with Crippen LogP contribution in [0.15, 0.2) is 47.4 Å². The molecule has 0 bridgehead atoms. The van der Waals surface area contributed by atoms with E-state index in [0.29, 0.717) is 18.2 Å². The molecule has 0 atom stereocenters. The summed E-state index contributed by atoms with van der Waals surface area (Å²) in [5.74, 6) is -0.278. The van der Waals surface area contributed by atoms with E-state index in [9.17, 15) is 13.2 Å². The molecule has 0 spiro atoms. The number of rotatable bonds is 5. The monoisotopic (exact) mass is 411 g/mol. The molecule has 27 heavy (non-hydrogen) atoms.